The van der Waals surface area contributed by atoms with E-state index in [-0.39, 0.29) is 0 Å². The van der Waals surface area contributed by atoms with Gasteiger partial charge in [0.15, 0.2) is 0 Å². The maximum atomic E-state index is 5.74. The lowest BCUT2D eigenvalue weighted by Gasteiger charge is -2.16. The van der Waals surface area contributed by atoms with E-state index in [0.717, 1.165) is 0 Å². The summed E-state index contributed by atoms with van der Waals surface area (Å²) >= 11 is 5.74. The van der Waals surface area contributed by atoms with Gasteiger partial charge < -0.3 is 5.32 Å². The Morgan fingerprint density at radius 3 is 2.31 bits per heavy atom. The maximum Gasteiger partial charge on any atom is 0.0423 e. The highest BCUT2D eigenvalue weighted by Crippen LogP contribution is 2.20. The molecule has 0 heterocycles. The molecule has 1 atom stereocenters. The summed E-state index contributed by atoms with van der Waals surface area (Å²) in [6.07, 6.45) is 0. The van der Waals surface area contributed by atoms with Crippen LogP contribution in [0.2, 0.25) is 0 Å². The van der Waals surface area contributed by atoms with Crippen LogP contribution in [0.3, 0.4) is 0 Å². The molecule has 0 saturated carbocycles. The predicted molar refractivity (Wildman–Crippen MR) is 59.7 cm³/mol. The number of halogens is 1. The average Bonchev–Trinajstić information content (AvgIpc) is 2.11. The van der Waals surface area contributed by atoms with E-state index in [1.165, 1.54) is 16.8 Å². The number of anilines is 1. The van der Waals surface area contributed by atoms with Crippen molar-refractivity contribution < 1.29 is 0 Å². The molecule has 1 unspecified atom stereocenters. The highest BCUT2D eigenvalue weighted by Gasteiger charge is 2.04. The molecule has 0 aliphatic heterocycles. The van der Waals surface area contributed by atoms with Gasteiger partial charge in [0.2, 0.25) is 0 Å². The lowest BCUT2D eigenvalue weighted by molar-refractivity contribution is 0.903. The summed E-state index contributed by atoms with van der Waals surface area (Å²) in [6, 6.07) is 6.61. The van der Waals surface area contributed by atoms with Crippen LogP contribution in [-0.4, -0.2) is 11.9 Å². The van der Waals surface area contributed by atoms with Crippen LogP contribution in [0.5, 0.6) is 0 Å². The minimum absolute atomic E-state index is 0.321. The zero-order valence-electron chi connectivity index (χ0n) is 8.39. The Morgan fingerprint density at radius 1 is 1.31 bits per heavy atom. The topological polar surface area (TPSA) is 12.0 Å². The normalized spacial score (nSPS) is 12.6. The lowest BCUT2D eigenvalue weighted by atomic mass is 10.1. The summed E-state index contributed by atoms with van der Waals surface area (Å²) in [7, 11) is 0. The van der Waals surface area contributed by atoms with Gasteiger partial charge in [-0.2, -0.15) is 0 Å². The Balaban J connectivity index is 2.87. The van der Waals surface area contributed by atoms with E-state index in [9.17, 15) is 0 Å². The Bertz CT molecular complexity index is 263. The number of aryl methyl sites for hydroxylation is 2. The van der Waals surface area contributed by atoms with Crippen LogP contribution in [0.15, 0.2) is 18.2 Å². The van der Waals surface area contributed by atoms with E-state index in [2.05, 4.69) is 44.3 Å². The van der Waals surface area contributed by atoms with Crippen molar-refractivity contribution in [1.82, 2.24) is 0 Å². The first-order chi connectivity index (χ1) is 6.15. The van der Waals surface area contributed by atoms with E-state index >= 15 is 0 Å². The van der Waals surface area contributed by atoms with E-state index < -0.39 is 0 Å². The molecule has 1 aromatic carbocycles. The highest BCUT2D eigenvalue weighted by molar-refractivity contribution is 6.18. The number of hydrogen-bond donors (Lipinski definition) is 1. The Morgan fingerprint density at radius 2 is 1.85 bits per heavy atom. The van der Waals surface area contributed by atoms with Gasteiger partial charge >= 0.3 is 0 Å². The average molecular weight is 198 g/mol. The van der Waals surface area contributed by atoms with Crippen LogP contribution >= 0.6 is 11.6 Å². The summed E-state index contributed by atoms with van der Waals surface area (Å²) in [5.74, 6) is 0.633. The molecule has 2 heteroatoms. The van der Waals surface area contributed by atoms with Gasteiger partial charge in [-0.05, 0) is 31.9 Å². The van der Waals surface area contributed by atoms with E-state index in [1.54, 1.807) is 0 Å². The number of benzene rings is 1. The molecule has 0 radical (unpaired) electrons. The van der Waals surface area contributed by atoms with E-state index in [0.29, 0.717) is 11.9 Å². The molecule has 13 heavy (non-hydrogen) atoms. The molecule has 0 fully saturated rings. The van der Waals surface area contributed by atoms with Crippen LogP contribution in [0.1, 0.15) is 18.1 Å². The molecule has 1 aromatic rings. The van der Waals surface area contributed by atoms with Crippen LogP contribution < -0.4 is 5.32 Å². The summed E-state index contributed by atoms with van der Waals surface area (Å²) in [5, 5.41) is 3.40. The van der Waals surface area contributed by atoms with Crippen molar-refractivity contribution in [2.45, 2.75) is 26.8 Å². The first-order valence-electron chi connectivity index (χ1n) is 4.54. The fourth-order valence-electron chi connectivity index (χ4n) is 1.33. The molecule has 0 amide bonds. The fraction of sp³-hybridized carbons (Fsp3) is 0.455. The molecular weight excluding hydrogens is 182 g/mol. The number of nitrogens with one attached hydrogen (secondary N) is 1. The third-order valence-corrected chi connectivity index (χ3v) is 2.57. The minimum atomic E-state index is 0.321. The molecule has 1 rings (SSSR count). The van der Waals surface area contributed by atoms with Crippen molar-refractivity contribution in [3.05, 3.63) is 29.3 Å². The molecule has 0 aliphatic carbocycles. The highest BCUT2D eigenvalue weighted by atomic mass is 35.5. The van der Waals surface area contributed by atoms with Crippen molar-refractivity contribution in [2.24, 2.45) is 0 Å². The molecule has 1 nitrogen and oxygen atoms in total. The van der Waals surface area contributed by atoms with Crippen LogP contribution in [-0.2, 0) is 0 Å². The molecule has 1 N–H and O–H groups in total. The molecule has 0 aromatic heterocycles. The molecule has 72 valence electrons. The van der Waals surface area contributed by atoms with Gasteiger partial charge in [-0.1, -0.05) is 18.2 Å². The largest absolute Gasteiger partial charge is 0.381 e. The van der Waals surface area contributed by atoms with E-state index in [4.69, 9.17) is 11.6 Å². The quantitative estimate of drug-likeness (QED) is 0.733. The first kappa shape index (κ1) is 10.4. The van der Waals surface area contributed by atoms with Crippen molar-refractivity contribution in [1.29, 1.82) is 0 Å². The number of rotatable bonds is 3. The second kappa shape index (κ2) is 4.52. The summed E-state index contributed by atoms with van der Waals surface area (Å²) in [6.45, 7) is 6.30. The second-order valence-corrected chi connectivity index (χ2v) is 3.78. The van der Waals surface area contributed by atoms with Crippen LogP contribution in [0.4, 0.5) is 5.69 Å². The molecular formula is C11H16ClN. The molecule has 0 spiro atoms. The van der Waals surface area contributed by atoms with Crippen molar-refractivity contribution in [3.8, 4) is 0 Å². The van der Waals surface area contributed by atoms with Crippen molar-refractivity contribution in [2.75, 3.05) is 11.2 Å². The van der Waals surface area contributed by atoms with Crippen LogP contribution in [0, 0.1) is 13.8 Å². The second-order valence-electron chi connectivity index (χ2n) is 3.47. The van der Waals surface area contributed by atoms with Gasteiger partial charge in [-0.25, -0.2) is 0 Å². The monoisotopic (exact) mass is 197 g/mol. The third-order valence-electron chi connectivity index (χ3n) is 2.10. The zero-order chi connectivity index (χ0) is 9.84. The van der Waals surface area contributed by atoms with Crippen molar-refractivity contribution in [3.63, 3.8) is 0 Å². The number of alkyl halides is 1. The summed E-state index contributed by atoms with van der Waals surface area (Å²) in [4.78, 5) is 0. The summed E-state index contributed by atoms with van der Waals surface area (Å²) < 4.78 is 0. The molecule has 0 aliphatic rings. The molecule has 0 bridgehead atoms. The van der Waals surface area contributed by atoms with Gasteiger partial charge in [0.05, 0.1) is 0 Å². The number of hydrogen-bond acceptors (Lipinski definition) is 1. The smallest absolute Gasteiger partial charge is 0.0423 e. The van der Waals surface area contributed by atoms with Crippen molar-refractivity contribution >= 4 is 17.3 Å². The fourth-order valence-corrected chi connectivity index (χ4v) is 1.40. The SMILES string of the molecule is Cc1cccc(C)c1NC(C)CCl. The molecule has 0 saturated heterocycles. The van der Waals surface area contributed by atoms with Gasteiger partial charge in [-0.3, -0.25) is 0 Å². The standard InChI is InChI=1S/C11H16ClN/c1-8-5-4-6-9(2)11(8)13-10(3)7-12/h4-6,10,13H,7H2,1-3H3. The van der Waals surface area contributed by atoms with E-state index in [1.807, 2.05) is 0 Å². The third kappa shape index (κ3) is 2.63. The number of para-hydroxylation sites is 1. The Kier molecular flexibility index (Phi) is 3.61. The Labute approximate surface area is 85.1 Å². The Hall–Kier alpha value is -0.690. The van der Waals surface area contributed by atoms with Gasteiger partial charge in [-0.15, -0.1) is 11.6 Å². The van der Waals surface area contributed by atoms with Gasteiger partial charge in [0.1, 0.15) is 0 Å². The lowest BCUT2D eigenvalue weighted by Crippen LogP contribution is -2.17. The minimum Gasteiger partial charge on any atom is -0.381 e. The van der Waals surface area contributed by atoms with Gasteiger partial charge in [0, 0.05) is 17.6 Å². The summed E-state index contributed by atoms with van der Waals surface area (Å²) in [5.41, 5.74) is 3.77. The predicted octanol–water partition coefficient (Wildman–Crippen LogP) is 3.34. The van der Waals surface area contributed by atoms with Crippen LogP contribution in [0.25, 0.3) is 0 Å². The maximum absolute atomic E-state index is 5.74. The zero-order valence-corrected chi connectivity index (χ0v) is 9.15. The first-order valence-corrected chi connectivity index (χ1v) is 5.07. The van der Waals surface area contributed by atoms with Gasteiger partial charge in [0.25, 0.3) is 0 Å².